The van der Waals surface area contributed by atoms with E-state index in [1.807, 2.05) is 0 Å². The fourth-order valence-corrected chi connectivity index (χ4v) is 2.62. The van der Waals surface area contributed by atoms with E-state index in [0.717, 1.165) is 6.07 Å². The number of aromatic nitrogens is 1. The fourth-order valence-electron chi connectivity index (χ4n) is 2.62. The molecule has 0 fully saturated rings. The molecule has 0 aliphatic heterocycles. The maximum atomic E-state index is 14.6. The van der Waals surface area contributed by atoms with Gasteiger partial charge in [0.15, 0.2) is 23.1 Å². The van der Waals surface area contributed by atoms with Crippen molar-refractivity contribution in [1.82, 2.24) is 4.98 Å². The Morgan fingerprint density at radius 3 is 2.38 bits per heavy atom. The molecule has 0 radical (unpaired) electrons. The molecule has 0 N–H and O–H groups in total. The predicted molar refractivity (Wildman–Crippen MR) is 101 cm³/mol. The summed E-state index contributed by atoms with van der Waals surface area (Å²) in [6.07, 6.45) is 0. The largest absolute Gasteiger partial charge is 0.494 e. The van der Waals surface area contributed by atoms with Crippen molar-refractivity contribution in [3.63, 3.8) is 0 Å². The summed E-state index contributed by atoms with van der Waals surface area (Å²) in [5, 5.41) is 0. The Morgan fingerprint density at radius 1 is 0.931 bits per heavy atom. The maximum Gasteiger partial charge on any atom is 0.343 e. The summed E-state index contributed by atoms with van der Waals surface area (Å²) in [6, 6.07) is 11.3. The molecular formula is C21H17F2NO5. The van der Waals surface area contributed by atoms with Crippen molar-refractivity contribution in [1.29, 1.82) is 0 Å². The Kier molecular flexibility index (Phi) is 5.92. The second-order valence-electron chi connectivity index (χ2n) is 5.76. The standard InChI is InChI=1S/C21H17F2NO5/c1-26-17-6-4-5-13(19(17)23)16-10-8-14(21(25)28-3)20(24-16)29-12-7-9-15(22)18(11-12)27-2/h4-11H,1-3H3. The number of hydrogen-bond acceptors (Lipinski definition) is 6. The Hall–Kier alpha value is -3.68. The van der Waals surface area contributed by atoms with Gasteiger partial charge >= 0.3 is 5.97 Å². The highest BCUT2D eigenvalue weighted by Gasteiger charge is 2.20. The van der Waals surface area contributed by atoms with E-state index in [0.29, 0.717) is 0 Å². The summed E-state index contributed by atoms with van der Waals surface area (Å²) < 4.78 is 48.6. The molecule has 1 heterocycles. The van der Waals surface area contributed by atoms with Gasteiger partial charge in [0.25, 0.3) is 0 Å². The molecular weight excluding hydrogens is 384 g/mol. The minimum Gasteiger partial charge on any atom is -0.494 e. The van der Waals surface area contributed by atoms with Crippen molar-refractivity contribution in [2.24, 2.45) is 0 Å². The minimum absolute atomic E-state index is 0.0165. The molecule has 0 aliphatic carbocycles. The van der Waals surface area contributed by atoms with E-state index in [-0.39, 0.29) is 39.9 Å². The van der Waals surface area contributed by atoms with Crippen LogP contribution in [0.15, 0.2) is 48.5 Å². The lowest BCUT2D eigenvalue weighted by Gasteiger charge is -2.13. The first kappa shape index (κ1) is 20.1. The van der Waals surface area contributed by atoms with Crippen molar-refractivity contribution < 1.29 is 32.5 Å². The van der Waals surface area contributed by atoms with E-state index in [1.165, 1.54) is 57.7 Å². The average Bonchev–Trinajstić information content (AvgIpc) is 2.74. The summed E-state index contributed by atoms with van der Waals surface area (Å²) >= 11 is 0. The molecule has 2 aromatic carbocycles. The molecule has 3 aromatic rings. The van der Waals surface area contributed by atoms with Gasteiger partial charge in [-0.15, -0.1) is 0 Å². The SMILES string of the molecule is COC(=O)c1ccc(-c2cccc(OC)c2F)nc1Oc1ccc(F)c(OC)c1. The van der Waals surface area contributed by atoms with Gasteiger partial charge in [-0.3, -0.25) is 0 Å². The van der Waals surface area contributed by atoms with Crippen molar-refractivity contribution in [3.05, 3.63) is 65.7 Å². The van der Waals surface area contributed by atoms with Gasteiger partial charge in [0, 0.05) is 11.6 Å². The van der Waals surface area contributed by atoms with E-state index in [2.05, 4.69) is 4.98 Å². The molecule has 29 heavy (non-hydrogen) atoms. The van der Waals surface area contributed by atoms with Gasteiger partial charge in [0.2, 0.25) is 5.88 Å². The topological polar surface area (TPSA) is 66.9 Å². The Labute approximate surface area is 165 Å². The number of hydrogen-bond donors (Lipinski definition) is 0. The maximum absolute atomic E-state index is 14.6. The highest BCUT2D eigenvalue weighted by molar-refractivity contribution is 5.92. The number of rotatable bonds is 6. The first-order chi connectivity index (χ1) is 14.0. The lowest BCUT2D eigenvalue weighted by molar-refractivity contribution is 0.0597. The summed E-state index contributed by atoms with van der Waals surface area (Å²) in [6.45, 7) is 0. The molecule has 6 nitrogen and oxygen atoms in total. The minimum atomic E-state index is -0.695. The van der Waals surface area contributed by atoms with Crippen LogP contribution in [-0.2, 0) is 4.74 Å². The molecule has 0 spiro atoms. The van der Waals surface area contributed by atoms with Gasteiger partial charge in [-0.2, -0.15) is 0 Å². The molecule has 0 unspecified atom stereocenters. The number of carbonyl (C=O) groups is 1. The Bertz CT molecular complexity index is 1060. The van der Waals surface area contributed by atoms with Crippen molar-refractivity contribution in [2.45, 2.75) is 0 Å². The van der Waals surface area contributed by atoms with Crippen LogP contribution in [0.4, 0.5) is 8.78 Å². The summed E-state index contributed by atoms with van der Waals surface area (Å²) in [5.41, 5.74) is 0.378. The van der Waals surface area contributed by atoms with Crippen LogP contribution in [0.5, 0.6) is 23.1 Å². The van der Waals surface area contributed by atoms with Crippen LogP contribution in [0.3, 0.4) is 0 Å². The second kappa shape index (κ2) is 8.55. The number of nitrogens with zero attached hydrogens (tertiary/aromatic N) is 1. The van der Waals surface area contributed by atoms with E-state index >= 15 is 0 Å². The van der Waals surface area contributed by atoms with E-state index in [9.17, 15) is 13.6 Å². The Morgan fingerprint density at radius 2 is 1.69 bits per heavy atom. The molecule has 0 saturated heterocycles. The smallest absolute Gasteiger partial charge is 0.343 e. The zero-order valence-electron chi connectivity index (χ0n) is 15.9. The number of esters is 1. The molecule has 0 amide bonds. The number of halogens is 2. The quantitative estimate of drug-likeness (QED) is 0.562. The first-order valence-electron chi connectivity index (χ1n) is 8.42. The van der Waals surface area contributed by atoms with E-state index in [1.54, 1.807) is 6.07 Å². The zero-order chi connectivity index (χ0) is 21.0. The summed E-state index contributed by atoms with van der Waals surface area (Å²) in [5.74, 6) is -1.84. The summed E-state index contributed by atoms with van der Waals surface area (Å²) in [4.78, 5) is 16.4. The van der Waals surface area contributed by atoms with Crippen molar-refractivity contribution in [2.75, 3.05) is 21.3 Å². The number of methoxy groups -OCH3 is 3. The molecule has 0 saturated carbocycles. The normalized spacial score (nSPS) is 10.4. The van der Waals surface area contributed by atoms with Gasteiger partial charge in [0.1, 0.15) is 11.3 Å². The number of carbonyl (C=O) groups excluding carboxylic acids is 1. The molecule has 3 rings (SSSR count). The van der Waals surface area contributed by atoms with Crippen LogP contribution >= 0.6 is 0 Å². The zero-order valence-corrected chi connectivity index (χ0v) is 15.9. The van der Waals surface area contributed by atoms with Crippen LogP contribution in [0, 0.1) is 11.6 Å². The number of ether oxygens (including phenoxy) is 4. The van der Waals surface area contributed by atoms with Gasteiger partial charge < -0.3 is 18.9 Å². The monoisotopic (exact) mass is 401 g/mol. The van der Waals surface area contributed by atoms with Crippen LogP contribution in [0.2, 0.25) is 0 Å². The van der Waals surface area contributed by atoms with Crippen molar-refractivity contribution in [3.8, 4) is 34.4 Å². The van der Waals surface area contributed by atoms with Gasteiger partial charge in [-0.25, -0.2) is 18.6 Å². The van der Waals surface area contributed by atoms with Crippen molar-refractivity contribution >= 4 is 5.97 Å². The summed E-state index contributed by atoms with van der Waals surface area (Å²) in [7, 11) is 3.88. The fraction of sp³-hybridized carbons (Fsp3) is 0.143. The highest BCUT2D eigenvalue weighted by atomic mass is 19.1. The number of benzene rings is 2. The third-order valence-corrected chi connectivity index (χ3v) is 4.06. The van der Waals surface area contributed by atoms with Gasteiger partial charge in [-0.1, -0.05) is 6.07 Å². The second-order valence-corrected chi connectivity index (χ2v) is 5.76. The number of pyridine rings is 1. The van der Waals surface area contributed by atoms with E-state index in [4.69, 9.17) is 18.9 Å². The molecule has 0 bridgehead atoms. The van der Waals surface area contributed by atoms with E-state index < -0.39 is 17.6 Å². The van der Waals surface area contributed by atoms with Gasteiger partial charge in [-0.05, 0) is 36.4 Å². The molecule has 0 aliphatic rings. The van der Waals surface area contributed by atoms with Gasteiger partial charge in [0.05, 0.1) is 27.0 Å². The molecule has 150 valence electrons. The predicted octanol–water partition coefficient (Wildman–Crippen LogP) is 4.62. The lowest BCUT2D eigenvalue weighted by Crippen LogP contribution is -2.06. The molecule has 0 atom stereocenters. The highest BCUT2D eigenvalue weighted by Crippen LogP contribution is 2.33. The molecule has 1 aromatic heterocycles. The van der Waals surface area contributed by atoms with Crippen LogP contribution in [0.25, 0.3) is 11.3 Å². The van der Waals surface area contributed by atoms with Crippen LogP contribution in [-0.4, -0.2) is 32.3 Å². The third-order valence-electron chi connectivity index (χ3n) is 4.06. The first-order valence-corrected chi connectivity index (χ1v) is 8.42. The average molecular weight is 401 g/mol. The van der Waals surface area contributed by atoms with Crippen LogP contribution < -0.4 is 14.2 Å². The molecule has 8 heteroatoms. The third kappa shape index (κ3) is 4.11. The Balaban J connectivity index is 2.09. The van der Waals surface area contributed by atoms with Crippen LogP contribution in [0.1, 0.15) is 10.4 Å². The lowest BCUT2D eigenvalue weighted by atomic mass is 10.1.